The molecule has 92 valence electrons. The van der Waals surface area contributed by atoms with E-state index in [1.807, 2.05) is 0 Å². The Kier molecular flexibility index (Phi) is 3.53. The van der Waals surface area contributed by atoms with E-state index in [-0.39, 0.29) is 5.91 Å². The molecule has 2 atom stereocenters. The maximum atomic E-state index is 11.7. The number of hydrogen-bond donors (Lipinski definition) is 0. The van der Waals surface area contributed by atoms with E-state index < -0.39 is 0 Å². The molecular weight excluding hydrogens is 200 g/mol. The van der Waals surface area contributed by atoms with Crippen molar-refractivity contribution in [3.05, 3.63) is 0 Å². The van der Waals surface area contributed by atoms with Gasteiger partial charge >= 0.3 is 0 Å². The molecule has 2 aliphatic heterocycles. The molecular formula is C13H24N2O. The average molecular weight is 224 g/mol. The third kappa shape index (κ3) is 2.24. The fourth-order valence-electron chi connectivity index (χ4n) is 3.23. The summed E-state index contributed by atoms with van der Waals surface area (Å²) in [6.45, 7) is 8.36. The van der Waals surface area contributed by atoms with E-state index in [1.54, 1.807) is 6.92 Å². The minimum absolute atomic E-state index is 0.246. The fraction of sp³-hybridized carbons (Fsp3) is 0.923. The zero-order valence-electron chi connectivity index (χ0n) is 10.8. The minimum atomic E-state index is 0.246. The van der Waals surface area contributed by atoms with Crippen molar-refractivity contribution in [3.8, 4) is 0 Å². The highest BCUT2D eigenvalue weighted by molar-refractivity contribution is 5.73. The van der Waals surface area contributed by atoms with E-state index in [0.29, 0.717) is 12.1 Å². The quantitative estimate of drug-likeness (QED) is 0.717. The van der Waals surface area contributed by atoms with Gasteiger partial charge in [-0.3, -0.25) is 9.69 Å². The second kappa shape index (κ2) is 4.74. The van der Waals surface area contributed by atoms with Crippen LogP contribution in [0.4, 0.5) is 0 Å². The van der Waals surface area contributed by atoms with Crippen molar-refractivity contribution in [2.45, 2.75) is 58.7 Å². The molecule has 0 radical (unpaired) electrons. The van der Waals surface area contributed by atoms with E-state index in [4.69, 9.17) is 0 Å². The highest BCUT2D eigenvalue weighted by Crippen LogP contribution is 2.31. The lowest BCUT2D eigenvalue weighted by Crippen LogP contribution is -2.57. The molecule has 3 heteroatoms. The molecule has 0 bridgehead atoms. The van der Waals surface area contributed by atoms with Crippen LogP contribution in [0, 0.1) is 5.92 Å². The number of carbonyl (C=O) groups excluding carboxylic acids is 1. The molecule has 0 saturated carbocycles. The Bertz CT molecular complexity index is 265. The molecule has 0 aromatic carbocycles. The van der Waals surface area contributed by atoms with Gasteiger partial charge in [0.25, 0.3) is 0 Å². The normalized spacial score (nSPS) is 30.9. The highest BCUT2D eigenvalue weighted by atomic mass is 16.2. The Morgan fingerprint density at radius 2 is 2.06 bits per heavy atom. The maximum Gasteiger partial charge on any atom is 0.220 e. The lowest BCUT2D eigenvalue weighted by molar-refractivity contribution is -0.140. The Labute approximate surface area is 98.8 Å². The molecule has 0 aliphatic carbocycles. The van der Waals surface area contributed by atoms with Crippen molar-refractivity contribution < 1.29 is 4.79 Å². The zero-order chi connectivity index (χ0) is 11.7. The van der Waals surface area contributed by atoms with Crippen LogP contribution in [0.1, 0.15) is 46.5 Å². The summed E-state index contributed by atoms with van der Waals surface area (Å²) in [5, 5.41) is 0. The van der Waals surface area contributed by atoms with Gasteiger partial charge < -0.3 is 4.90 Å². The Morgan fingerprint density at radius 1 is 1.31 bits per heavy atom. The Hall–Kier alpha value is -0.570. The molecule has 2 aliphatic rings. The molecule has 2 saturated heterocycles. The molecule has 0 aromatic rings. The number of hydrogen-bond acceptors (Lipinski definition) is 2. The van der Waals surface area contributed by atoms with Crippen LogP contribution in [0.2, 0.25) is 0 Å². The summed E-state index contributed by atoms with van der Waals surface area (Å²) in [6.07, 6.45) is 5.31. The van der Waals surface area contributed by atoms with Crippen molar-refractivity contribution in [1.82, 2.24) is 9.80 Å². The highest BCUT2D eigenvalue weighted by Gasteiger charge is 2.39. The lowest BCUT2D eigenvalue weighted by Gasteiger charge is -2.46. The van der Waals surface area contributed by atoms with Crippen LogP contribution in [0.3, 0.4) is 0 Å². The first-order chi connectivity index (χ1) is 7.59. The monoisotopic (exact) mass is 224 g/mol. The van der Waals surface area contributed by atoms with Gasteiger partial charge in [0.2, 0.25) is 5.91 Å². The summed E-state index contributed by atoms with van der Waals surface area (Å²) in [5.41, 5.74) is 0. The second-order valence-corrected chi connectivity index (χ2v) is 5.65. The largest absolute Gasteiger partial charge is 0.327 e. The first-order valence-corrected chi connectivity index (χ1v) is 6.62. The summed E-state index contributed by atoms with van der Waals surface area (Å²) in [6, 6.07) is 0.749. The van der Waals surface area contributed by atoms with Crippen molar-refractivity contribution >= 4 is 5.91 Å². The number of amides is 1. The number of fused-ring (bicyclic) bond motifs is 1. The van der Waals surface area contributed by atoms with Crippen LogP contribution in [0.25, 0.3) is 0 Å². The van der Waals surface area contributed by atoms with Gasteiger partial charge in [0.05, 0.1) is 6.17 Å². The van der Waals surface area contributed by atoms with E-state index >= 15 is 0 Å². The van der Waals surface area contributed by atoms with Gasteiger partial charge in [-0.1, -0.05) is 13.8 Å². The third-order valence-corrected chi connectivity index (χ3v) is 3.96. The first kappa shape index (κ1) is 11.9. The molecule has 2 rings (SSSR count). The molecule has 1 amide bonds. The molecule has 16 heavy (non-hydrogen) atoms. The van der Waals surface area contributed by atoms with Crippen LogP contribution in [-0.2, 0) is 4.79 Å². The Morgan fingerprint density at radius 3 is 2.69 bits per heavy atom. The van der Waals surface area contributed by atoms with Crippen molar-refractivity contribution in [2.24, 2.45) is 5.92 Å². The summed E-state index contributed by atoms with van der Waals surface area (Å²) in [5.74, 6) is 0.905. The number of rotatable bonds is 2. The summed E-state index contributed by atoms with van der Waals surface area (Å²) < 4.78 is 0. The molecule has 0 spiro atoms. The van der Waals surface area contributed by atoms with Gasteiger partial charge in [-0.05, 0) is 31.6 Å². The van der Waals surface area contributed by atoms with E-state index in [9.17, 15) is 4.79 Å². The molecule has 0 N–H and O–H groups in total. The number of carbonyl (C=O) groups is 1. The van der Waals surface area contributed by atoms with Gasteiger partial charge in [0.1, 0.15) is 0 Å². The summed E-state index contributed by atoms with van der Waals surface area (Å²) in [7, 11) is 0. The standard InChI is InChI=1S/C13H24N2O/c1-10(2)9-13-14(11(3)16)8-6-12-5-4-7-15(12)13/h10,12-13H,4-9H2,1-3H3/t12?,13-/m1/s1. The molecule has 0 aromatic heterocycles. The topological polar surface area (TPSA) is 23.6 Å². The van der Waals surface area contributed by atoms with Gasteiger partial charge in [-0.25, -0.2) is 0 Å². The van der Waals surface area contributed by atoms with E-state index in [0.717, 1.165) is 19.0 Å². The van der Waals surface area contributed by atoms with Crippen LogP contribution in [0.15, 0.2) is 0 Å². The minimum Gasteiger partial charge on any atom is -0.327 e. The summed E-state index contributed by atoms with van der Waals surface area (Å²) >= 11 is 0. The predicted octanol–water partition coefficient (Wildman–Crippen LogP) is 2.08. The van der Waals surface area contributed by atoms with Gasteiger partial charge in [-0.2, -0.15) is 0 Å². The van der Waals surface area contributed by atoms with E-state index in [2.05, 4.69) is 23.6 Å². The van der Waals surface area contributed by atoms with Gasteiger partial charge in [0.15, 0.2) is 0 Å². The van der Waals surface area contributed by atoms with Crippen LogP contribution < -0.4 is 0 Å². The molecule has 2 heterocycles. The van der Waals surface area contributed by atoms with Crippen LogP contribution in [0.5, 0.6) is 0 Å². The lowest BCUT2D eigenvalue weighted by atomic mass is 10.0. The van der Waals surface area contributed by atoms with Crippen molar-refractivity contribution in [3.63, 3.8) is 0 Å². The Balaban J connectivity index is 2.12. The first-order valence-electron chi connectivity index (χ1n) is 6.62. The van der Waals surface area contributed by atoms with Crippen molar-refractivity contribution in [2.75, 3.05) is 13.1 Å². The average Bonchev–Trinajstić information content (AvgIpc) is 2.64. The van der Waals surface area contributed by atoms with Crippen LogP contribution >= 0.6 is 0 Å². The SMILES string of the molecule is CC(=O)N1CCC2CCCN2[C@@H]1CC(C)C. The van der Waals surface area contributed by atoms with Gasteiger partial charge in [0, 0.05) is 26.1 Å². The molecule has 2 fully saturated rings. The van der Waals surface area contributed by atoms with Gasteiger partial charge in [-0.15, -0.1) is 0 Å². The van der Waals surface area contributed by atoms with Crippen molar-refractivity contribution in [1.29, 1.82) is 0 Å². The second-order valence-electron chi connectivity index (χ2n) is 5.65. The zero-order valence-corrected chi connectivity index (χ0v) is 10.8. The van der Waals surface area contributed by atoms with E-state index in [1.165, 1.54) is 25.8 Å². The maximum absolute atomic E-state index is 11.7. The fourth-order valence-corrected chi connectivity index (χ4v) is 3.23. The van der Waals surface area contributed by atoms with Crippen LogP contribution in [-0.4, -0.2) is 41.0 Å². The summed E-state index contributed by atoms with van der Waals surface area (Å²) in [4.78, 5) is 16.3. The molecule has 3 nitrogen and oxygen atoms in total. The number of nitrogens with zero attached hydrogens (tertiary/aromatic N) is 2. The third-order valence-electron chi connectivity index (χ3n) is 3.96. The predicted molar refractivity (Wildman–Crippen MR) is 65.0 cm³/mol. The smallest absolute Gasteiger partial charge is 0.220 e. The molecule has 1 unspecified atom stereocenters.